The Labute approximate surface area is 122 Å². The molecule has 2 atom stereocenters. The first-order chi connectivity index (χ1) is 9.74. The van der Waals surface area contributed by atoms with Crippen LogP contribution in [0, 0.1) is 5.92 Å². The van der Waals surface area contributed by atoms with Gasteiger partial charge >= 0.3 is 0 Å². The van der Waals surface area contributed by atoms with E-state index in [1.807, 2.05) is 25.0 Å². The molecule has 2 rings (SSSR count). The lowest BCUT2D eigenvalue weighted by atomic mass is 9.81. The van der Waals surface area contributed by atoms with Gasteiger partial charge in [0.15, 0.2) is 0 Å². The van der Waals surface area contributed by atoms with Crippen LogP contribution in [-0.4, -0.2) is 35.6 Å². The fourth-order valence-corrected chi connectivity index (χ4v) is 3.51. The van der Waals surface area contributed by atoms with E-state index in [0.29, 0.717) is 18.1 Å². The fraction of sp³-hybridized carbons (Fsp3) is 0.812. The van der Waals surface area contributed by atoms with Crippen LogP contribution in [-0.2, 0) is 18.2 Å². The van der Waals surface area contributed by atoms with E-state index in [-0.39, 0.29) is 0 Å². The van der Waals surface area contributed by atoms with E-state index in [9.17, 15) is 0 Å². The molecule has 0 saturated heterocycles. The molecule has 1 aromatic heterocycles. The fourth-order valence-electron chi connectivity index (χ4n) is 3.51. The summed E-state index contributed by atoms with van der Waals surface area (Å²) in [5.74, 6) is 0.696. The van der Waals surface area contributed by atoms with Gasteiger partial charge in [0.25, 0.3) is 0 Å². The maximum atomic E-state index is 5.89. The quantitative estimate of drug-likeness (QED) is 0.833. The molecule has 0 spiro atoms. The average Bonchev–Trinajstić information content (AvgIpc) is 2.86. The number of aromatic nitrogens is 2. The van der Waals surface area contributed by atoms with Crippen LogP contribution >= 0.6 is 0 Å². The second-order valence-electron chi connectivity index (χ2n) is 5.95. The summed E-state index contributed by atoms with van der Waals surface area (Å²) in [6.07, 6.45) is 9.98. The summed E-state index contributed by atoms with van der Waals surface area (Å²) in [5.41, 5.74) is 1.15. The zero-order valence-corrected chi connectivity index (χ0v) is 13.1. The van der Waals surface area contributed by atoms with E-state index >= 15 is 0 Å². The van der Waals surface area contributed by atoms with Gasteiger partial charge in [0.1, 0.15) is 0 Å². The summed E-state index contributed by atoms with van der Waals surface area (Å²) < 4.78 is 7.76. The summed E-state index contributed by atoms with van der Waals surface area (Å²) in [6, 6.07) is 2.47. The van der Waals surface area contributed by atoms with E-state index in [2.05, 4.69) is 23.4 Å². The standard InChI is InChI=1S/C16H29N3O/c1-4-17-15(12-14-10-11-19(2)18-14)16(20-3)13-8-6-5-7-9-13/h10-11,13,15-17H,4-9,12H2,1-3H3. The lowest BCUT2D eigenvalue weighted by molar-refractivity contribution is 0.00844. The van der Waals surface area contributed by atoms with Crippen molar-refractivity contribution in [2.75, 3.05) is 13.7 Å². The number of nitrogens with zero attached hydrogens (tertiary/aromatic N) is 2. The van der Waals surface area contributed by atoms with Crippen molar-refractivity contribution in [3.8, 4) is 0 Å². The summed E-state index contributed by atoms with van der Waals surface area (Å²) in [5, 5.41) is 8.13. The minimum absolute atomic E-state index is 0.303. The maximum Gasteiger partial charge on any atom is 0.0756 e. The number of nitrogens with one attached hydrogen (secondary N) is 1. The third-order valence-corrected chi connectivity index (χ3v) is 4.45. The van der Waals surface area contributed by atoms with E-state index in [1.54, 1.807) is 0 Å². The largest absolute Gasteiger partial charge is 0.380 e. The van der Waals surface area contributed by atoms with Gasteiger partial charge in [0, 0.05) is 32.8 Å². The van der Waals surface area contributed by atoms with Gasteiger partial charge in [-0.05, 0) is 31.4 Å². The Balaban J connectivity index is 2.03. The average molecular weight is 279 g/mol. The van der Waals surface area contributed by atoms with Gasteiger partial charge in [-0.15, -0.1) is 0 Å². The third-order valence-electron chi connectivity index (χ3n) is 4.45. The molecule has 0 aliphatic heterocycles. The monoisotopic (exact) mass is 279 g/mol. The topological polar surface area (TPSA) is 39.1 Å². The first-order valence-corrected chi connectivity index (χ1v) is 7.99. The second kappa shape index (κ2) is 7.79. The minimum atomic E-state index is 0.303. The van der Waals surface area contributed by atoms with Gasteiger partial charge < -0.3 is 10.1 Å². The number of hydrogen-bond donors (Lipinski definition) is 1. The SMILES string of the molecule is CCNC(Cc1ccn(C)n1)C(OC)C1CCCCC1. The van der Waals surface area contributed by atoms with Crippen LogP contribution < -0.4 is 5.32 Å². The molecule has 1 aliphatic rings. The Kier molecular flexibility index (Phi) is 6.05. The molecular weight excluding hydrogens is 250 g/mol. The molecule has 1 heterocycles. The molecule has 4 nitrogen and oxygen atoms in total. The van der Waals surface area contributed by atoms with Crippen LogP contribution in [0.15, 0.2) is 12.3 Å². The number of rotatable bonds is 7. The Morgan fingerprint density at radius 2 is 2.15 bits per heavy atom. The molecule has 1 saturated carbocycles. The van der Waals surface area contributed by atoms with Gasteiger partial charge in [-0.3, -0.25) is 4.68 Å². The Morgan fingerprint density at radius 3 is 2.70 bits per heavy atom. The van der Waals surface area contributed by atoms with Crippen molar-refractivity contribution in [2.24, 2.45) is 13.0 Å². The number of aryl methyl sites for hydroxylation is 1. The summed E-state index contributed by atoms with van der Waals surface area (Å²) in [6.45, 7) is 3.14. The van der Waals surface area contributed by atoms with E-state index < -0.39 is 0 Å². The summed E-state index contributed by atoms with van der Waals surface area (Å²) in [4.78, 5) is 0. The van der Waals surface area contributed by atoms with Crippen molar-refractivity contribution < 1.29 is 4.74 Å². The van der Waals surface area contributed by atoms with Gasteiger partial charge in [-0.25, -0.2) is 0 Å². The normalized spacial score (nSPS) is 19.9. The van der Waals surface area contributed by atoms with Crippen molar-refractivity contribution in [2.45, 2.75) is 57.6 Å². The van der Waals surface area contributed by atoms with Crippen molar-refractivity contribution in [1.29, 1.82) is 0 Å². The number of hydrogen-bond acceptors (Lipinski definition) is 3. The molecular formula is C16H29N3O. The third kappa shape index (κ3) is 4.06. The van der Waals surface area contributed by atoms with Crippen LogP contribution in [0.1, 0.15) is 44.7 Å². The molecule has 1 aromatic rings. The molecule has 0 radical (unpaired) electrons. The molecule has 4 heteroatoms. The molecule has 20 heavy (non-hydrogen) atoms. The van der Waals surface area contributed by atoms with Crippen molar-refractivity contribution in [3.05, 3.63) is 18.0 Å². The van der Waals surface area contributed by atoms with E-state index in [1.165, 1.54) is 32.1 Å². The highest BCUT2D eigenvalue weighted by Gasteiger charge is 2.30. The number of likely N-dealkylation sites (N-methyl/N-ethyl adjacent to an activating group) is 1. The highest BCUT2D eigenvalue weighted by molar-refractivity contribution is 5.03. The number of ether oxygens (including phenoxy) is 1. The Morgan fingerprint density at radius 1 is 1.40 bits per heavy atom. The van der Waals surface area contributed by atoms with Crippen LogP contribution in [0.25, 0.3) is 0 Å². The minimum Gasteiger partial charge on any atom is -0.380 e. The summed E-state index contributed by atoms with van der Waals surface area (Å²) >= 11 is 0. The van der Waals surface area contributed by atoms with Gasteiger partial charge in [-0.2, -0.15) is 5.10 Å². The van der Waals surface area contributed by atoms with Crippen molar-refractivity contribution in [3.63, 3.8) is 0 Å². The molecule has 2 unspecified atom stereocenters. The molecule has 0 amide bonds. The lowest BCUT2D eigenvalue weighted by Crippen LogP contribution is -2.47. The Bertz CT molecular complexity index is 385. The predicted octanol–water partition coefficient (Wildman–Crippen LogP) is 2.54. The van der Waals surface area contributed by atoms with Gasteiger partial charge in [0.05, 0.1) is 11.8 Å². The van der Waals surface area contributed by atoms with Crippen LogP contribution in [0.2, 0.25) is 0 Å². The first-order valence-electron chi connectivity index (χ1n) is 7.99. The second-order valence-corrected chi connectivity index (χ2v) is 5.95. The molecule has 0 bridgehead atoms. The van der Waals surface area contributed by atoms with E-state index in [4.69, 9.17) is 4.74 Å². The van der Waals surface area contributed by atoms with Crippen molar-refractivity contribution in [1.82, 2.24) is 15.1 Å². The molecule has 1 aliphatic carbocycles. The van der Waals surface area contributed by atoms with Gasteiger partial charge in [0.2, 0.25) is 0 Å². The highest BCUT2D eigenvalue weighted by atomic mass is 16.5. The molecule has 1 N–H and O–H groups in total. The smallest absolute Gasteiger partial charge is 0.0756 e. The van der Waals surface area contributed by atoms with Crippen LogP contribution in [0.3, 0.4) is 0 Å². The highest BCUT2D eigenvalue weighted by Crippen LogP contribution is 2.30. The van der Waals surface area contributed by atoms with Crippen LogP contribution in [0.5, 0.6) is 0 Å². The zero-order chi connectivity index (χ0) is 14.4. The molecule has 0 aromatic carbocycles. The first kappa shape index (κ1) is 15.5. The lowest BCUT2D eigenvalue weighted by Gasteiger charge is -2.35. The van der Waals surface area contributed by atoms with Crippen molar-refractivity contribution >= 4 is 0 Å². The number of methoxy groups -OCH3 is 1. The van der Waals surface area contributed by atoms with Gasteiger partial charge in [-0.1, -0.05) is 26.2 Å². The molecule has 1 fully saturated rings. The summed E-state index contributed by atoms with van der Waals surface area (Å²) in [7, 11) is 3.84. The maximum absolute atomic E-state index is 5.89. The Hall–Kier alpha value is -0.870. The van der Waals surface area contributed by atoms with E-state index in [0.717, 1.165) is 18.7 Å². The zero-order valence-electron chi connectivity index (χ0n) is 13.1. The molecule has 114 valence electrons. The van der Waals surface area contributed by atoms with Crippen LogP contribution in [0.4, 0.5) is 0 Å². The predicted molar refractivity (Wildman–Crippen MR) is 81.7 cm³/mol.